The van der Waals surface area contributed by atoms with Crippen molar-refractivity contribution in [1.29, 1.82) is 0 Å². The highest BCUT2D eigenvalue weighted by Gasteiger charge is 2.24. The van der Waals surface area contributed by atoms with Crippen molar-refractivity contribution in [3.8, 4) is 17.2 Å². The standard InChI is InChI=1S/3C9H10O2.2C9H10.4C2H6/c3*1-2-4-8(5-3-1)10-6-9-7-11-9;2*1-2-5-9-7-3-6-8(9)4-1;4*1-2/h3*1-5,9H,6-7H2;2*1-2,4-5H,3,6-7H2;4*1-2H3. The fourth-order valence-corrected chi connectivity index (χ4v) is 5.64. The van der Waals surface area contributed by atoms with Gasteiger partial charge in [-0.25, -0.2) is 0 Å². The number of fused-ring (bicyclic) bond motifs is 2. The molecule has 0 saturated carbocycles. The summed E-state index contributed by atoms with van der Waals surface area (Å²) in [6, 6.07) is 46.8. The van der Waals surface area contributed by atoms with Crippen molar-refractivity contribution in [3.63, 3.8) is 0 Å². The van der Waals surface area contributed by atoms with Crippen LogP contribution in [-0.4, -0.2) is 58.0 Å². The van der Waals surface area contributed by atoms with Crippen LogP contribution in [-0.2, 0) is 39.9 Å². The van der Waals surface area contributed by atoms with E-state index in [4.69, 9.17) is 28.4 Å². The van der Waals surface area contributed by atoms with Crippen LogP contribution in [0.4, 0.5) is 0 Å². The maximum Gasteiger partial charge on any atom is 0.119 e. The van der Waals surface area contributed by atoms with E-state index in [1.54, 1.807) is 22.3 Å². The third-order valence-corrected chi connectivity index (χ3v) is 8.77. The van der Waals surface area contributed by atoms with Gasteiger partial charge in [0.15, 0.2) is 0 Å². The third kappa shape index (κ3) is 23.5. The van der Waals surface area contributed by atoms with Gasteiger partial charge in [0.05, 0.1) is 19.8 Å². The van der Waals surface area contributed by atoms with Crippen LogP contribution in [0, 0.1) is 0 Å². The maximum atomic E-state index is 5.40. The van der Waals surface area contributed by atoms with Gasteiger partial charge >= 0.3 is 0 Å². The molecule has 3 heterocycles. The third-order valence-electron chi connectivity index (χ3n) is 8.77. The summed E-state index contributed by atoms with van der Waals surface area (Å²) in [6.45, 7) is 20.6. The normalized spacial score (nSPS) is 17.1. The predicted molar refractivity (Wildman–Crippen MR) is 247 cm³/mol. The summed E-state index contributed by atoms with van der Waals surface area (Å²) in [7, 11) is 0. The Bertz CT molecular complexity index is 1450. The Morgan fingerprint density at radius 2 is 0.542 bits per heavy atom. The molecule has 0 N–H and O–H groups in total. The number of para-hydroxylation sites is 3. The van der Waals surface area contributed by atoms with Gasteiger partial charge < -0.3 is 28.4 Å². The number of ether oxygens (including phenoxy) is 6. The van der Waals surface area contributed by atoms with E-state index in [1.165, 1.54) is 38.5 Å². The number of benzene rings is 5. The molecule has 3 unspecified atom stereocenters. The van der Waals surface area contributed by atoms with Gasteiger partial charge in [0.1, 0.15) is 55.4 Å². The molecule has 5 aliphatic rings. The van der Waals surface area contributed by atoms with E-state index >= 15 is 0 Å². The molecule has 3 saturated heterocycles. The van der Waals surface area contributed by atoms with E-state index in [9.17, 15) is 0 Å². The highest BCUT2D eigenvalue weighted by atomic mass is 16.6. The first-order valence-electron chi connectivity index (χ1n) is 22.3. The van der Waals surface area contributed by atoms with E-state index in [2.05, 4.69) is 48.5 Å². The number of aryl methyl sites for hydroxylation is 4. The zero-order valence-corrected chi connectivity index (χ0v) is 37.4. The van der Waals surface area contributed by atoms with Crippen LogP contribution in [0.1, 0.15) is 90.5 Å². The van der Waals surface area contributed by atoms with E-state index in [1.807, 2.05) is 146 Å². The van der Waals surface area contributed by atoms with Crippen LogP contribution in [0.5, 0.6) is 17.2 Å². The number of hydrogen-bond donors (Lipinski definition) is 0. The second-order valence-corrected chi connectivity index (χ2v) is 13.0. The maximum absolute atomic E-state index is 5.40. The van der Waals surface area contributed by atoms with Gasteiger partial charge in [-0.2, -0.15) is 0 Å². The average Bonchev–Trinajstić information content (AvgIpc) is 4.29. The van der Waals surface area contributed by atoms with Gasteiger partial charge in [-0.3, -0.25) is 0 Å². The highest BCUT2D eigenvalue weighted by Crippen LogP contribution is 2.21. The number of hydrogen-bond acceptors (Lipinski definition) is 6. The molecule has 3 aliphatic heterocycles. The zero-order chi connectivity index (χ0) is 42.8. The summed E-state index contributed by atoms with van der Waals surface area (Å²) >= 11 is 0. The van der Waals surface area contributed by atoms with Crippen molar-refractivity contribution < 1.29 is 28.4 Å². The SMILES string of the molecule is CC.CC.CC.CC.c1ccc(OCC2CO2)cc1.c1ccc(OCC2CO2)cc1.c1ccc(OCC2CO2)cc1.c1ccc2c(c1)CCC2.c1ccc2c(c1)CCC2. The second kappa shape index (κ2) is 33.2. The summed E-state index contributed by atoms with van der Waals surface area (Å²) in [4.78, 5) is 0. The lowest BCUT2D eigenvalue weighted by Gasteiger charge is -2.01. The first-order chi connectivity index (χ1) is 29.3. The monoisotopic (exact) mass is 807 g/mol. The van der Waals surface area contributed by atoms with Crippen molar-refractivity contribution in [2.45, 2.75) is 112 Å². The molecule has 0 bridgehead atoms. The van der Waals surface area contributed by atoms with Crippen LogP contribution in [0.2, 0.25) is 0 Å². The molecule has 2 aliphatic carbocycles. The van der Waals surface area contributed by atoms with Crippen molar-refractivity contribution >= 4 is 0 Å². The molecular weight excluding hydrogens is 733 g/mol. The summed E-state index contributed by atoms with van der Waals surface area (Å²) in [6.07, 6.45) is 8.96. The molecule has 0 radical (unpaired) electrons. The van der Waals surface area contributed by atoms with Gasteiger partial charge in [-0.05, 0) is 97.2 Å². The molecule has 0 aromatic heterocycles. The first-order valence-corrected chi connectivity index (χ1v) is 22.3. The molecule has 0 spiro atoms. The lowest BCUT2D eigenvalue weighted by Crippen LogP contribution is -2.03. The molecule has 5 aromatic rings. The number of epoxide rings is 3. The lowest BCUT2D eigenvalue weighted by atomic mass is 10.1. The van der Waals surface area contributed by atoms with Gasteiger partial charge in [0.2, 0.25) is 0 Å². The Labute approximate surface area is 358 Å². The fourth-order valence-electron chi connectivity index (χ4n) is 5.64. The van der Waals surface area contributed by atoms with Gasteiger partial charge in [-0.1, -0.05) is 159 Å². The minimum Gasteiger partial charge on any atom is -0.491 e. The smallest absolute Gasteiger partial charge is 0.119 e. The molecule has 10 rings (SSSR count). The molecule has 3 atom stereocenters. The van der Waals surface area contributed by atoms with Crippen molar-refractivity contribution in [1.82, 2.24) is 0 Å². The number of rotatable bonds is 9. The van der Waals surface area contributed by atoms with Crippen LogP contribution in [0.25, 0.3) is 0 Å². The Kier molecular flexibility index (Phi) is 28.5. The van der Waals surface area contributed by atoms with Crippen LogP contribution >= 0.6 is 0 Å². The largest absolute Gasteiger partial charge is 0.491 e. The van der Waals surface area contributed by atoms with Gasteiger partial charge in [0.25, 0.3) is 0 Å². The molecule has 5 aromatic carbocycles. The van der Waals surface area contributed by atoms with Crippen molar-refractivity contribution in [2.75, 3.05) is 39.6 Å². The minimum absolute atomic E-state index is 0.343. The zero-order valence-electron chi connectivity index (χ0n) is 37.4. The minimum atomic E-state index is 0.343. The van der Waals surface area contributed by atoms with Gasteiger partial charge in [-0.15, -0.1) is 0 Å². The van der Waals surface area contributed by atoms with E-state index in [-0.39, 0.29) is 0 Å². The van der Waals surface area contributed by atoms with Crippen LogP contribution in [0.3, 0.4) is 0 Å². The van der Waals surface area contributed by atoms with E-state index in [0.717, 1.165) is 37.1 Å². The Morgan fingerprint density at radius 1 is 0.339 bits per heavy atom. The molecule has 6 nitrogen and oxygen atoms in total. The highest BCUT2D eigenvalue weighted by molar-refractivity contribution is 5.31. The molecular formula is C53H74O6. The fraction of sp³-hybridized carbons (Fsp3) is 0.434. The lowest BCUT2D eigenvalue weighted by molar-refractivity contribution is 0.263. The molecule has 59 heavy (non-hydrogen) atoms. The molecule has 6 heteroatoms. The van der Waals surface area contributed by atoms with Crippen molar-refractivity contribution in [2.24, 2.45) is 0 Å². The van der Waals surface area contributed by atoms with Crippen LogP contribution < -0.4 is 14.2 Å². The summed E-state index contributed by atoms with van der Waals surface area (Å²) in [5.74, 6) is 2.76. The quantitative estimate of drug-likeness (QED) is 0.138. The van der Waals surface area contributed by atoms with Crippen LogP contribution in [0.15, 0.2) is 140 Å². The predicted octanol–water partition coefficient (Wildman–Crippen LogP) is 12.8. The average molecular weight is 807 g/mol. The summed E-state index contributed by atoms with van der Waals surface area (Å²) in [5, 5.41) is 0. The Balaban J connectivity index is 0.000000244. The summed E-state index contributed by atoms with van der Waals surface area (Å²) < 4.78 is 31.2. The molecule has 3 fully saturated rings. The topological polar surface area (TPSA) is 65.3 Å². The Hall–Kier alpha value is -4.62. The molecule has 322 valence electrons. The van der Waals surface area contributed by atoms with Gasteiger partial charge in [0, 0.05) is 0 Å². The molecule has 0 amide bonds. The second-order valence-electron chi connectivity index (χ2n) is 13.0. The summed E-state index contributed by atoms with van der Waals surface area (Å²) in [5.41, 5.74) is 6.27. The van der Waals surface area contributed by atoms with Crippen molar-refractivity contribution in [3.05, 3.63) is 162 Å². The van der Waals surface area contributed by atoms with E-state index in [0.29, 0.717) is 38.1 Å². The first kappa shape index (κ1) is 50.5. The van der Waals surface area contributed by atoms with E-state index < -0.39 is 0 Å². The Morgan fingerprint density at radius 3 is 0.746 bits per heavy atom.